The number of carbonyl (C=O) groups excluding carboxylic acids is 1. The van der Waals surface area contributed by atoms with Crippen LogP contribution >= 0.6 is 15.9 Å². The van der Waals surface area contributed by atoms with Gasteiger partial charge in [0.25, 0.3) is 0 Å². The van der Waals surface area contributed by atoms with E-state index in [1.807, 2.05) is 0 Å². The summed E-state index contributed by atoms with van der Waals surface area (Å²) in [5.74, 6) is -0.224. The molecule has 0 spiro atoms. The molecule has 0 unspecified atom stereocenters. The van der Waals surface area contributed by atoms with E-state index < -0.39 is 0 Å². The van der Waals surface area contributed by atoms with Crippen molar-refractivity contribution in [1.29, 1.82) is 0 Å². The van der Waals surface area contributed by atoms with Gasteiger partial charge in [-0.05, 0) is 42.2 Å². The zero-order valence-corrected chi connectivity index (χ0v) is 19.7. The molecule has 1 amide bonds. The number of halogens is 1. The number of amides is 1. The summed E-state index contributed by atoms with van der Waals surface area (Å²) in [4.78, 5) is 13.3. The zero-order chi connectivity index (χ0) is 20.9. The van der Waals surface area contributed by atoms with Crippen molar-refractivity contribution in [3.63, 3.8) is 0 Å². The molecule has 0 fully saturated rings. The highest BCUT2D eigenvalue weighted by Crippen LogP contribution is 2.35. The highest BCUT2D eigenvalue weighted by molar-refractivity contribution is 9.09. The van der Waals surface area contributed by atoms with Gasteiger partial charge in [0.15, 0.2) is 0 Å². The molecular weight excluding hydrogens is 410 g/mol. The van der Waals surface area contributed by atoms with Crippen LogP contribution in [0.1, 0.15) is 62.3 Å². The predicted molar refractivity (Wildman–Crippen MR) is 123 cm³/mol. The van der Waals surface area contributed by atoms with E-state index in [-0.39, 0.29) is 22.7 Å². The van der Waals surface area contributed by atoms with Crippen molar-refractivity contribution in [1.82, 2.24) is 5.32 Å². The van der Waals surface area contributed by atoms with E-state index in [4.69, 9.17) is 0 Å². The molecule has 2 aromatic rings. The SMILES string of the molecule is Cc1ccc(C(C(=O)NCC(C)(C)CC(C)(C)CBr)c2ccc(C)cc2)cc1. The number of carbonyl (C=O) groups is 1. The summed E-state index contributed by atoms with van der Waals surface area (Å²) in [6.07, 6.45) is 1.03. The van der Waals surface area contributed by atoms with Gasteiger partial charge in [-0.1, -0.05) is 103 Å². The van der Waals surface area contributed by atoms with Gasteiger partial charge < -0.3 is 5.32 Å². The number of hydrogen-bond donors (Lipinski definition) is 1. The Morgan fingerprint density at radius 1 is 0.857 bits per heavy atom. The van der Waals surface area contributed by atoms with E-state index in [2.05, 4.69) is 111 Å². The average Bonchev–Trinajstić information content (AvgIpc) is 2.63. The van der Waals surface area contributed by atoms with Crippen LogP contribution in [0.2, 0.25) is 0 Å². The van der Waals surface area contributed by atoms with Crippen LogP contribution in [0, 0.1) is 24.7 Å². The van der Waals surface area contributed by atoms with Crippen molar-refractivity contribution in [2.24, 2.45) is 10.8 Å². The summed E-state index contributed by atoms with van der Waals surface area (Å²) >= 11 is 3.61. The highest BCUT2D eigenvalue weighted by atomic mass is 79.9. The van der Waals surface area contributed by atoms with Crippen molar-refractivity contribution >= 4 is 21.8 Å². The smallest absolute Gasteiger partial charge is 0.232 e. The fraction of sp³-hybridized carbons (Fsp3) is 0.480. The van der Waals surface area contributed by atoms with Crippen LogP contribution in [0.25, 0.3) is 0 Å². The number of nitrogens with one attached hydrogen (secondary N) is 1. The second-order valence-electron chi connectivity index (χ2n) is 9.61. The van der Waals surface area contributed by atoms with Crippen molar-refractivity contribution in [3.8, 4) is 0 Å². The van der Waals surface area contributed by atoms with Crippen molar-refractivity contribution < 1.29 is 4.79 Å². The van der Waals surface area contributed by atoms with E-state index in [1.54, 1.807) is 0 Å². The number of alkyl halides is 1. The fourth-order valence-electron chi connectivity index (χ4n) is 3.85. The Morgan fingerprint density at radius 2 is 1.29 bits per heavy atom. The van der Waals surface area contributed by atoms with Crippen molar-refractivity contribution in [2.45, 2.75) is 53.9 Å². The number of hydrogen-bond acceptors (Lipinski definition) is 1. The molecule has 2 nitrogen and oxygen atoms in total. The molecule has 0 aliphatic rings. The largest absolute Gasteiger partial charge is 0.355 e. The van der Waals surface area contributed by atoms with E-state index in [0.29, 0.717) is 6.54 Å². The molecule has 152 valence electrons. The molecule has 0 atom stereocenters. The molecule has 2 rings (SSSR count). The van der Waals surface area contributed by atoms with Gasteiger partial charge in [-0.2, -0.15) is 0 Å². The number of aryl methyl sites for hydroxylation is 2. The van der Waals surface area contributed by atoms with Crippen molar-refractivity contribution in [2.75, 3.05) is 11.9 Å². The summed E-state index contributed by atoms with van der Waals surface area (Å²) in [6.45, 7) is 13.8. The third-order valence-electron chi connectivity index (χ3n) is 5.14. The number of rotatable bonds is 8. The minimum absolute atomic E-state index is 0.0258. The first kappa shape index (κ1) is 22.7. The minimum Gasteiger partial charge on any atom is -0.355 e. The summed E-state index contributed by atoms with van der Waals surface area (Å²) in [6, 6.07) is 16.6. The Hall–Kier alpha value is -1.61. The van der Waals surface area contributed by atoms with E-state index in [0.717, 1.165) is 22.9 Å². The Kier molecular flexibility index (Phi) is 7.50. The van der Waals surface area contributed by atoms with Gasteiger partial charge in [-0.15, -0.1) is 0 Å². The zero-order valence-electron chi connectivity index (χ0n) is 18.1. The van der Waals surface area contributed by atoms with Gasteiger partial charge in [-0.3, -0.25) is 4.79 Å². The second-order valence-corrected chi connectivity index (χ2v) is 10.2. The predicted octanol–water partition coefficient (Wildman–Crippen LogP) is 6.39. The molecule has 0 aliphatic heterocycles. The summed E-state index contributed by atoms with van der Waals surface area (Å²) in [5, 5.41) is 4.19. The molecule has 0 aliphatic carbocycles. The van der Waals surface area contributed by atoms with Gasteiger partial charge in [0.1, 0.15) is 0 Å². The third kappa shape index (κ3) is 6.48. The quantitative estimate of drug-likeness (QED) is 0.470. The van der Waals surface area contributed by atoms with Crippen LogP contribution in [0.5, 0.6) is 0 Å². The van der Waals surface area contributed by atoms with Gasteiger partial charge in [0, 0.05) is 11.9 Å². The summed E-state index contributed by atoms with van der Waals surface area (Å²) < 4.78 is 0. The maximum Gasteiger partial charge on any atom is 0.232 e. The summed E-state index contributed by atoms with van der Waals surface area (Å²) in [7, 11) is 0. The van der Waals surface area contributed by atoms with Gasteiger partial charge in [0.05, 0.1) is 5.92 Å². The van der Waals surface area contributed by atoms with Gasteiger partial charge in [-0.25, -0.2) is 0 Å². The molecule has 0 saturated carbocycles. The normalized spacial score (nSPS) is 12.3. The molecule has 0 heterocycles. The van der Waals surface area contributed by atoms with Gasteiger partial charge >= 0.3 is 0 Å². The van der Waals surface area contributed by atoms with Crippen LogP contribution in [0.3, 0.4) is 0 Å². The molecular formula is C25H34BrNO. The standard InChI is InChI=1S/C25H34BrNO/c1-18-7-11-20(12-8-18)22(21-13-9-19(2)10-14-21)23(28)27-17-25(5,6)15-24(3,4)16-26/h7-14,22H,15-17H2,1-6H3,(H,27,28). The maximum atomic E-state index is 13.3. The van der Waals surface area contributed by atoms with E-state index >= 15 is 0 Å². The van der Waals surface area contributed by atoms with Crippen molar-refractivity contribution in [3.05, 3.63) is 70.8 Å². The molecule has 28 heavy (non-hydrogen) atoms. The first-order chi connectivity index (χ1) is 13.0. The molecule has 3 heteroatoms. The minimum atomic E-state index is -0.291. The Balaban J connectivity index is 2.22. The monoisotopic (exact) mass is 443 g/mol. The fourth-order valence-corrected chi connectivity index (χ4v) is 4.04. The molecule has 0 aromatic heterocycles. The molecule has 0 radical (unpaired) electrons. The van der Waals surface area contributed by atoms with Crippen LogP contribution in [-0.2, 0) is 4.79 Å². The first-order valence-corrected chi connectivity index (χ1v) is 11.1. The highest BCUT2D eigenvalue weighted by Gasteiger charge is 2.30. The Bertz CT molecular complexity index is 730. The third-order valence-corrected chi connectivity index (χ3v) is 6.66. The van der Waals surface area contributed by atoms with Crippen LogP contribution < -0.4 is 5.32 Å². The lowest BCUT2D eigenvalue weighted by Gasteiger charge is -2.34. The van der Waals surface area contributed by atoms with Crippen LogP contribution in [0.15, 0.2) is 48.5 Å². The van der Waals surface area contributed by atoms with Crippen LogP contribution in [-0.4, -0.2) is 17.8 Å². The summed E-state index contributed by atoms with van der Waals surface area (Å²) in [5.41, 5.74) is 4.69. The first-order valence-electron chi connectivity index (χ1n) is 10.00. The Morgan fingerprint density at radius 3 is 1.68 bits per heavy atom. The lowest BCUT2D eigenvalue weighted by atomic mass is 9.76. The average molecular weight is 444 g/mol. The molecule has 0 bridgehead atoms. The molecule has 2 aromatic carbocycles. The second kappa shape index (κ2) is 9.26. The molecule has 1 N–H and O–H groups in total. The lowest BCUT2D eigenvalue weighted by Crippen LogP contribution is -2.39. The van der Waals surface area contributed by atoms with E-state index in [9.17, 15) is 4.79 Å². The molecule has 0 saturated heterocycles. The maximum absolute atomic E-state index is 13.3. The van der Waals surface area contributed by atoms with Gasteiger partial charge in [0.2, 0.25) is 5.91 Å². The van der Waals surface area contributed by atoms with Crippen LogP contribution in [0.4, 0.5) is 0 Å². The lowest BCUT2D eigenvalue weighted by molar-refractivity contribution is -0.122. The van der Waals surface area contributed by atoms with E-state index in [1.165, 1.54) is 11.1 Å². The topological polar surface area (TPSA) is 29.1 Å². The Labute approximate surface area is 179 Å². The number of benzene rings is 2.